The zero-order valence-electron chi connectivity index (χ0n) is 16.3. The molecule has 0 amide bonds. The van der Waals surface area contributed by atoms with Crippen molar-refractivity contribution in [3.05, 3.63) is 46.7 Å². The lowest BCUT2D eigenvalue weighted by Crippen LogP contribution is -2.44. The van der Waals surface area contributed by atoms with Gasteiger partial charge in [-0.2, -0.15) is 0 Å². The Balaban J connectivity index is 0.00000320. The summed E-state index contributed by atoms with van der Waals surface area (Å²) in [6.07, 6.45) is -4.56. The lowest BCUT2D eigenvalue weighted by Gasteiger charge is -2.36. The van der Waals surface area contributed by atoms with Gasteiger partial charge in [-0.1, -0.05) is 6.07 Å². The lowest BCUT2D eigenvalue weighted by atomic mass is 10.1. The largest absolute Gasteiger partial charge is 0.573 e. The number of nitrogens with one attached hydrogen (secondary N) is 1. The van der Waals surface area contributed by atoms with Gasteiger partial charge in [0.15, 0.2) is 5.96 Å². The minimum Gasteiger partial charge on any atom is -0.406 e. The van der Waals surface area contributed by atoms with Crippen LogP contribution in [0.4, 0.5) is 18.9 Å². The van der Waals surface area contributed by atoms with Gasteiger partial charge in [-0.05, 0) is 42.6 Å². The predicted octanol–water partition coefficient (Wildman–Crippen LogP) is 4.45. The van der Waals surface area contributed by atoms with Crippen LogP contribution in [0.1, 0.15) is 17.8 Å². The molecule has 1 fully saturated rings. The number of ether oxygens (including phenoxy) is 2. The summed E-state index contributed by atoms with van der Waals surface area (Å²) in [7, 11) is 0. The van der Waals surface area contributed by atoms with Gasteiger partial charge in [-0.15, -0.1) is 48.5 Å². The Morgan fingerprint density at radius 3 is 2.70 bits per heavy atom. The topological polar surface area (TPSA) is 72.1 Å². The number of guanidine groups is 1. The van der Waals surface area contributed by atoms with E-state index in [1.54, 1.807) is 11.3 Å². The van der Waals surface area contributed by atoms with E-state index in [1.165, 1.54) is 29.1 Å². The Labute approximate surface area is 194 Å². The molecule has 166 valence electrons. The van der Waals surface area contributed by atoms with Crippen molar-refractivity contribution in [1.29, 1.82) is 0 Å². The third kappa shape index (κ3) is 7.60. The van der Waals surface area contributed by atoms with E-state index in [4.69, 9.17) is 10.5 Å². The van der Waals surface area contributed by atoms with Crippen LogP contribution >= 0.6 is 35.3 Å². The van der Waals surface area contributed by atoms with Crippen molar-refractivity contribution in [3.63, 3.8) is 0 Å². The minimum absolute atomic E-state index is 0. The third-order valence-corrected chi connectivity index (χ3v) is 5.35. The van der Waals surface area contributed by atoms with Gasteiger partial charge in [0.05, 0.1) is 25.3 Å². The first-order valence-corrected chi connectivity index (χ1v) is 10.00. The Hall–Kier alpha value is -1.57. The van der Waals surface area contributed by atoms with Crippen molar-refractivity contribution in [1.82, 2.24) is 4.90 Å². The van der Waals surface area contributed by atoms with Crippen LogP contribution in [0.25, 0.3) is 0 Å². The van der Waals surface area contributed by atoms with Crippen molar-refractivity contribution in [2.45, 2.75) is 25.4 Å². The highest BCUT2D eigenvalue weighted by atomic mass is 127. The first kappa shape index (κ1) is 24.7. The average molecular weight is 556 g/mol. The van der Waals surface area contributed by atoms with Gasteiger partial charge in [0.25, 0.3) is 0 Å². The van der Waals surface area contributed by atoms with Crippen LogP contribution in [-0.2, 0) is 4.74 Å². The Bertz CT molecular complexity index is 803. The van der Waals surface area contributed by atoms with Crippen LogP contribution in [0.15, 0.2) is 46.8 Å². The molecule has 30 heavy (non-hydrogen) atoms. The summed E-state index contributed by atoms with van der Waals surface area (Å²) in [5, 5.41) is 4.93. The molecule has 0 aliphatic carbocycles. The van der Waals surface area contributed by atoms with Crippen molar-refractivity contribution >= 4 is 47.0 Å². The van der Waals surface area contributed by atoms with E-state index in [2.05, 4.69) is 26.0 Å². The maximum atomic E-state index is 12.2. The van der Waals surface area contributed by atoms with E-state index in [0.29, 0.717) is 18.8 Å². The number of benzene rings is 1. The first-order valence-electron chi connectivity index (χ1n) is 9.12. The summed E-state index contributed by atoms with van der Waals surface area (Å²) in [5.41, 5.74) is 6.51. The molecule has 1 aromatic heterocycles. The fraction of sp³-hybridized carbons (Fsp3) is 0.421. The maximum Gasteiger partial charge on any atom is 0.573 e. The average Bonchev–Trinajstić information content (AvgIpc) is 3.17. The highest BCUT2D eigenvalue weighted by Gasteiger charge is 2.31. The Kier molecular flexibility index (Phi) is 9.19. The van der Waals surface area contributed by atoms with E-state index in [0.717, 1.165) is 13.1 Å². The zero-order chi connectivity index (χ0) is 20.9. The van der Waals surface area contributed by atoms with Crippen LogP contribution in [0.3, 0.4) is 0 Å². The molecule has 3 N–H and O–H groups in total. The highest BCUT2D eigenvalue weighted by Crippen LogP contribution is 2.27. The van der Waals surface area contributed by atoms with Gasteiger partial charge in [0.1, 0.15) is 5.75 Å². The minimum atomic E-state index is -4.72. The van der Waals surface area contributed by atoms with Gasteiger partial charge >= 0.3 is 6.36 Å². The van der Waals surface area contributed by atoms with E-state index >= 15 is 0 Å². The summed E-state index contributed by atoms with van der Waals surface area (Å²) in [6, 6.07) is 9.50. The number of anilines is 1. The molecule has 6 nitrogen and oxygen atoms in total. The predicted molar refractivity (Wildman–Crippen MR) is 123 cm³/mol. The third-order valence-electron chi connectivity index (χ3n) is 4.38. The Morgan fingerprint density at radius 2 is 2.10 bits per heavy atom. The van der Waals surface area contributed by atoms with Gasteiger partial charge in [-0.3, -0.25) is 9.89 Å². The molecule has 2 atom stereocenters. The molecule has 2 heterocycles. The number of alkyl halides is 3. The Morgan fingerprint density at radius 1 is 1.37 bits per heavy atom. The number of nitrogens with zero attached hydrogens (tertiary/aromatic N) is 2. The summed E-state index contributed by atoms with van der Waals surface area (Å²) in [6.45, 7) is 4.81. The normalized spacial score (nSPS) is 19.1. The number of morpholine rings is 1. The van der Waals surface area contributed by atoms with Crippen LogP contribution in [0.2, 0.25) is 0 Å². The number of rotatable bonds is 6. The summed E-state index contributed by atoms with van der Waals surface area (Å²) in [4.78, 5) is 7.99. The molecule has 1 aliphatic heterocycles. The second-order valence-corrected chi connectivity index (χ2v) is 7.61. The van der Waals surface area contributed by atoms with Crippen LogP contribution in [0, 0.1) is 0 Å². The molecule has 0 spiro atoms. The molecule has 3 rings (SSSR count). The second-order valence-electron chi connectivity index (χ2n) is 6.63. The highest BCUT2D eigenvalue weighted by molar-refractivity contribution is 14.0. The molecule has 2 unspecified atom stereocenters. The van der Waals surface area contributed by atoms with Gasteiger partial charge in [0.2, 0.25) is 0 Å². The van der Waals surface area contributed by atoms with E-state index in [1.807, 2.05) is 18.4 Å². The maximum absolute atomic E-state index is 12.2. The quantitative estimate of drug-likeness (QED) is 0.313. The van der Waals surface area contributed by atoms with Gasteiger partial charge in [-0.25, -0.2) is 0 Å². The van der Waals surface area contributed by atoms with E-state index in [9.17, 15) is 13.2 Å². The molecular weight excluding hydrogens is 532 g/mol. The fourth-order valence-electron chi connectivity index (χ4n) is 3.11. The van der Waals surface area contributed by atoms with E-state index in [-0.39, 0.29) is 47.8 Å². The molecule has 0 radical (unpaired) electrons. The summed E-state index contributed by atoms with van der Waals surface area (Å²) in [5.74, 6) is -0.102. The number of halogens is 4. The van der Waals surface area contributed by atoms with Gasteiger partial charge < -0.3 is 20.5 Å². The number of hydrogen-bond donors (Lipinski definition) is 2. The van der Waals surface area contributed by atoms with Crippen molar-refractivity contribution < 1.29 is 22.6 Å². The lowest BCUT2D eigenvalue weighted by molar-refractivity contribution is -0.274. The van der Waals surface area contributed by atoms with Crippen molar-refractivity contribution in [3.8, 4) is 5.75 Å². The molecule has 0 bridgehead atoms. The van der Waals surface area contributed by atoms with Crippen LogP contribution < -0.4 is 15.8 Å². The van der Waals surface area contributed by atoms with Crippen molar-refractivity contribution in [2.75, 3.05) is 31.6 Å². The monoisotopic (exact) mass is 556 g/mol. The molecule has 2 aromatic rings. The number of nitrogens with two attached hydrogens (primary N) is 1. The SMILES string of the molecule is CC1CN(C(CN=C(N)Nc2ccc(OC(F)(F)F)cc2)c2cccs2)CCO1.I. The van der Waals surface area contributed by atoms with Gasteiger partial charge in [0, 0.05) is 23.7 Å². The molecule has 11 heteroatoms. The standard InChI is InChI=1S/C19H23F3N4O2S.HI/c1-13-12-26(8-9-27-13)16(17-3-2-10-29-17)11-24-18(23)25-14-4-6-15(7-5-14)28-19(20,21)22;/h2-7,10,13,16H,8-9,11-12H2,1H3,(H3,23,24,25);1H. The van der Waals surface area contributed by atoms with Crippen molar-refractivity contribution in [2.24, 2.45) is 10.7 Å². The molecule has 1 aliphatic rings. The first-order chi connectivity index (χ1) is 13.8. The number of thiophene rings is 1. The van der Waals surface area contributed by atoms with Crippen LogP contribution in [0.5, 0.6) is 5.75 Å². The number of aliphatic imine (C=N–C) groups is 1. The summed E-state index contributed by atoms with van der Waals surface area (Å²) >= 11 is 1.67. The molecular formula is C19H24F3IN4O2S. The second kappa shape index (κ2) is 11.2. The zero-order valence-corrected chi connectivity index (χ0v) is 19.4. The smallest absolute Gasteiger partial charge is 0.406 e. The molecule has 1 saturated heterocycles. The fourth-order valence-corrected chi connectivity index (χ4v) is 3.96. The summed E-state index contributed by atoms with van der Waals surface area (Å²) < 4.78 is 46.2. The van der Waals surface area contributed by atoms with Crippen LogP contribution in [-0.4, -0.2) is 49.6 Å². The number of hydrogen-bond acceptors (Lipinski definition) is 5. The molecule has 0 saturated carbocycles. The van der Waals surface area contributed by atoms with E-state index < -0.39 is 6.36 Å². The molecule has 1 aromatic carbocycles.